The highest BCUT2D eigenvalue weighted by Crippen LogP contribution is 2.17. The molecule has 65 heavy (non-hydrogen) atoms. The first-order valence-corrected chi connectivity index (χ1v) is 28.8. The summed E-state index contributed by atoms with van der Waals surface area (Å²) in [6.45, 7) is 17.7. The summed E-state index contributed by atoms with van der Waals surface area (Å²) in [5, 5.41) is 0. The van der Waals surface area contributed by atoms with Crippen LogP contribution in [0.2, 0.25) is 0 Å². The van der Waals surface area contributed by atoms with Gasteiger partial charge in [0, 0.05) is 52.5 Å². The zero-order valence-corrected chi connectivity index (χ0v) is 44.6. The van der Waals surface area contributed by atoms with Crippen molar-refractivity contribution in [3.05, 3.63) is 24.3 Å². The van der Waals surface area contributed by atoms with E-state index in [1.807, 2.05) is 12.2 Å². The van der Waals surface area contributed by atoms with E-state index >= 15 is 0 Å². The van der Waals surface area contributed by atoms with Crippen LogP contribution >= 0.6 is 0 Å². The Bertz CT molecular complexity index is 812. The van der Waals surface area contributed by atoms with Crippen molar-refractivity contribution in [2.45, 2.75) is 311 Å². The molecule has 388 valence electrons. The first-order valence-electron chi connectivity index (χ1n) is 28.8. The molecule has 0 fully saturated rings. The standard InChI is InChI=1S/C58H114O7/c1-7-13-17-21-25-29-33-41-51-61-55(62-52-42-34-30-26-22-18-14-8-2)45-37-39-47-57(59-49-11-5)65-58(60-50-12-6)48-40-38-46-56(63-53-43-35-31-27-23-19-15-9-3)64-54-44-36-32-28-24-20-16-10-4/h39-40,47-48,55-58H,7-38,41-46,49-54H2,1-6H3. The number of hydrogen-bond acceptors (Lipinski definition) is 7. The van der Waals surface area contributed by atoms with Crippen LogP contribution in [0.15, 0.2) is 24.3 Å². The molecule has 0 aromatic heterocycles. The smallest absolute Gasteiger partial charge is 0.180 e. The van der Waals surface area contributed by atoms with Crippen LogP contribution in [-0.4, -0.2) is 64.8 Å². The molecule has 0 aliphatic carbocycles. The second-order valence-electron chi connectivity index (χ2n) is 18.9. The van der Waals surface area contributed by atoms with Crippen molar-refractivity contribution in [3.63, 3.8) is 0 Å². The summed E-state index contributed by atoms with van der Waals surface area (Å²) in [4.78, 5) is 0. The van der Waals surface area contributed by atoms with Crippen molar-refractivity contribution in [3.8, 4) is 0 Å². The minimum atomic E-state index is -0.492. The molecule has 0 aromatic carbocycles. The molecule has 0 saturated carbocycles. The summed E-state index contributed by atoms with van der Waals surface area (Å²) in [6, 6.07) is 0. The van der Waals surface area contributed by atoms with E-state index in [-0.39, 0.29) is 12.6 Å². The Hall–Kier alpha value is -0.800. The minimum absolute atomic E-state index is 0.175. The fourth-order valence-corrected chi connectivity index (χ4v) is 7.99. The molecule has 0 aromatic rings. The first-order chi connectivity index (χ1) is 32.1. The van der Waals surface area contributed by atoms with Crippen LogP contribution in [-0.2, 0) is 33.2 Å². The van der Waals surface area contributed by atoms with Gasteiger partial charge in [-0.1, -0.05) is 233 Å². The Morgan fingerprint density at radius 1 is 0.262 bits per heavy atom. The Morgan fingerprint density at radius 2 is 0.508 bits per heavy atom. The molecule has 0 saturated heterocycles. The molecule has 0 heterocycles. The van der Waals surface area contributed by atoms with E-state index in [9.17, 15) is 0 Å². The lowest BCUT2D eigenvalue weighted by molar-refractivity contribution is -0.207. The molecule has 2 unspecified atom stereocenters. The molecule has 0 radical (unpaired) electrons. The molecular formula is C58H114O7. The van der Waals surface area contributed by atoms with Crippen LogP contribution in [0.25, 0.3) is 0 Å². The van der Waals surface area contributed by atoms with Gasteiger partial charge in [0.25, 0.3) is 0 Å². The summed E-state index contributed by atoms with van der Waals surface area (Å²) in [6.07, 6.45) is 53.9. The number of ether oxygens (including phenoxy) is 7. The largest absolute Gasteiger partial charge is 0.353 e. The van der Waals surface area contributed by atoms with E-state index in [4.69, 9.17) is 33.2 Å². The minimum Gasteiger partial charge on any atom is -0.353 e. The van der Waals surface area contributed by atoms with E-state index in [0.29, 0.717) is 13.2 Å². The highest BCUT2D eigenvalue weighted by atomic mass is 16.8. The third-order valence-electron chi connectivity index (χ3n) is 12.2. The van der Waals surface area contributed by atoms with E-state index in [0.717, 1.165) is 90.6 Å². The zero-order chi connectivity index (χ0) is 47.2. The zero-order valence-electron chi connectivity index (χ0n) is 44.6. The summed E-state index contributed by atoms with van der Waals surface area (Å²) < 4.78 is 44.2. The van der Waals surface area contributed by atoms with Crippen LogP contribution in [0.1, 0.15) is 286 Å². The lowest BCUT2D eigenvalue weighted by Gasteiger charge is -2.22. The van der Waals surface area contributed by atoms with E-state index in [2.05, 4.69) is 53.7 Å². The van der Waals surface area contributed by atoms with Crippen LogP contribution in [0, 0.1) is 0 Å². The van der Waals surface area contributed by atoms with Crippen molar-refractivity contribution in [1.82, 2.24) is 0 Å². The van der Waals surface area contributed by atoms with E-state index in [1.165, 1.54) is 180 Å². The molecule has 0 N–H and O–H groups in total. The highest BCUT2D eigenvalue weighted by molar-refractivity contribution is 4.90. The first kappa shape index (κ1) is 64.2. The average Bonchev–Trinajstić information content (AvgIpc) is 3.31. The van der Waals surface area contributed by atoms with Gasteiger partial charge in [0.1, 0.15) is 0 Å². The molecule has 0 aliphatic rings. The second kappa shape index (κ2) is 55.8. The lowest BCUT2D eigenvalue weighted by Crippen LogP contribution is -2.25. The summed E-state index contributed by atoms with van der Waals surface area (Å²) >= 11 is 0. The third kappa shape index (κ3) is 49.4. The normalized spacial score (nSPS) is 13.2. The maximum absolute atomic E-state index is 6.46. The molecule has 7 heteroatoms. The molecule has 0 amide bonds. The van der Waals surface area contributed by atoms with E-state index < -0.39 is 12.6 Å². The third-order valence-corrected chi connectivity index (χ3v) is 12.2. The fraction of sp³-hybridized carbons (Fsp3) is 0.931. The van der Waals surface area contributed by atoms with Crippen molar-refractivity contribution >= 4 is 0 Å². The Kier molecular flexibility index (Phi) is 55.1. The van der Waals surface area contributed by atoms with Crippen LogP contribution in [0.4, 0.5) is 0 Å². The number of rotatable bonds is 56. The summed E-state index contributed by atoms with van der Waals surface area (Å²) in [7, 11) is 0. The maximum Gasteiger partial charge on any atom is 0.180 e. The molecule has 0 rings (SSSR count). The second-order valence-corrected chi connectivity index (χ2v) is 18.9. The SMILES string of the molecule is CCCCCCCCCCOC(CCC=CC(OCCC)OC(C=CCCC(OCCCCCCCCCC)OCCCCCCCCCC)OCCC)OCCCCCCCCCC. The van der Waals surface area contributed by atoms with Gasteiger partial charge < -0.3 is 33.2 Å². The van der Waals surface area contributed by atoms with Gasteiger partial charge >= 0.3 is 0 Å². The number of allylic oxidation sites excluding steroid dienone is 2. The van der Waals surface area contributed by atoms with Crippen molar-refractivity contribution in [2.75, 3.05) is 39.6 Å². The van der Waals surface area contributed by atoms with Crippen molar-refractivity contribution in [1.29, 1.82) is 0 Å². The Morgan fingerprint density at radius 3 is 0.754 bits per heavy atom. The Balaban J connectivity index is 5.23. The monoisotopic (exact) mass is 923 g/mol. The fourth-order valence-electron chi connectivity index (χ4n) is 7.99. The molecule has 7 nitrogen and oxygen atoms in total. The van der Waals surface area contributed by atoms with Gasteiger partial charge in [0.2, 0.25) is 0 Å². The van der Waals surface area contributed by atoms with Gasteiger partial charge in [-0.3, -0.25) is 0 Å². The predicted octanol–water partition coefficient (Wildman–Crippen LogP) is 18.5. The summed E-state index contributed by atoms with van der Waals surface area (Å²) in [5.41, 5.74) is 0. The van der Waals surface area contributed by atoms with Crippen molar-refractivity contribution < 1.29 is 33.2 Å². The maximum atomic E-state index is 6.46. The van der Waals surface area contributed by atoms with Crippen LogP contribution in [0.3, 0.4) is 0 Å². The van der Waals surface area contributed by atoms with Gasteiger partial charge in [-0.15, -0.1) is 0 Å². The van der Waals surface area contributed by atoms with E-state index in [1.54, 1.807) is 0 Å². The number of hydrogen-bond donors (Lipinski definition) is 0. The lowest BCUT2D eigenvalue weighted by atomic mass is 10.1. The van der Waals surface area contributed by atoms with Crippen molar-refractivity contribution in [2.24, 2.45) is 0 Å². The van der Waals surface area contributed by atoms with Crippen LogP contribution in [0.5, 0.6) is 0 Å². The van der Waals surface area contributed by atoms with Gasteiger partial charge in [-0.05, 0) is 63.5 Å². The number of unbranched alkanes of at least 4 members (excludes halogenated alkanes) is 28. The van der Waals surface area contributed by atoms with Gasteiger partial charge in [0.15, 0.2) is 25.2 Å². The van der Waals surface area contributed by atoms with Gasteiger partial charge in [0.05, 0.1) is 0 Å². The molecular weight excluding hydrogens is 809 g/mol. The molecule has 0 aliphatic heterocycles. The summed E-state index contributed by atoms with van der Waals surface area (Å²) in [5.74, 6) is 0. The quantitative estimate of drug-likeness (QED) is 0.0342. The Labute approximate surface area is 406 Å². The van der Waals surface area contributed by atoms with Gasteiger partial charge in [-0.25, -0.2) is 0 Å². The molecule has 2 atom stereocenters. The topological polar surface area (TPSA) is 64.6 Å². The predicted molar refractivity (Wildman–Crippen MR) is 280 cm³/mol. The van der Waals surface area contributed by atoms with Gasteiger partial charge in [-0.2, -0.15) is 0 Å². The van der Waals surface area contributed by atoms with Crippen LogP contribution < -0.4 is 0 Å². The molecule has 0 spiro atoms. The molecule has 0 bridgehead atoms. The highest BCUT2D eigenvalue weighted by Gasteiger charge is 2.15. The average molecular weight is 924 g/mol.